The lowest BCUT2D eigenvalue weighted by Crippen LogP contribution is -2.32. The van der Waals surface area contributed by atoms with Crippen LogP contribution >= 0.6 is 11.6 Å². The predicted octanol–water partition coefficient (Wildman–Crippen LogP) is 3.86. The number of rotatable bonds is 4. The molecule has 1 atom stereocenters. The molecule has 0 saturated carbocycles. The number of hydrogen-bond acceptors (Lipinski definition) is 4. The second kappa shape index (κ2) is 7.40. The highest BCUT2D eigenvalue weighted by Crippen LogP contribution is 2.27. The van der Waals surface area contributed by atoms with Gasteiger partial charge in [0.25, 0.3) is 5.91 Å². The van der Waals surface area contributed by atoms with Gasteiger partial charge in [-0.15, -0.1) is 0 Å². The highest BCUT2D eigenvalue weighted by molar-refractivity contribution is 6.31. The van der Waals surface area contributed by atoms with Crippen LogP contribution in [0.15, 0.2) is 48.8 Å². The zero-order chi connectivity index (χ0) is 17.9. The van der Waals surface area contributed by atoms with Gasteiger partial charge in [-0.05, 0) is 49.2 Å². The van der Waals surface area contributed by atoms with Crippen molar-refractivity contribution in [1.29, 1.82) is 0 Å². The summed E-state index contributed by atoms with van der Waals surface area (Å²) in [4.78, 5) is 21.7. The SMILES string of the molecule is O=C(NC[C@H]1CCCO1)c1cc(-c2cccnc2)nc2ccc(Cl)cc12. The summed E-state index contributed by atoms with van der Waals surface area (Å²) in [6, 6.07) is 10.9. The molecule has 0 radical (unpaired) electrons. The minimum atomic E-state index is -0.152. The smallest absolute Gasteiger partial charge is 0.252 e. The molecule has 6 heteroatoms. The molecule has 132 valence electrons. The van der Waals surface area contributed by atoms with Crippen LogP contribution in [0.5, 0.6) is 0 Å². The van der Waals surface area contributed by atoms with Crippen molar-refractivity contribution in [3.63, 3.8) is 0 Å². The van der Waals surface area contributed by atoms with Gasteiger partial charge in [0.05, 0.1) is 22.9 Å². The van der Waals surface area contributed by atoms with E-state index in [9.17, 15) is 4.79 Å². The average Bonchev–Trinajstić information content (AvgIpc) is 3.19. The molecule has 26 heavy (non-hydrogen) atoms. The van der Waals surface area contributed by atoms with Crippen LogP contribution in [0.25, 0.3) is 22.2 Å². The number of pyridine rings is 2. The van der Waals surface area contributed by atoms with Crippen LogP contribution in [0.1, 0.15) is 23.2 Å². The summed E-state index contributed by atoms with van der Waals surface area (Å²) >= 11 is 6.14. The number of amides is 1. The monoisotopic (exact) mass is 367 g/mol. The van der Waals surface area contributed by atoms with E-state index in [1.165, 1.54) is 0 Å². The summed E-state index contributed by atoms with van der Waals surface area (Å²) in [6.45, 7) is 1.27. The van der Waals surface area contributed by atoms with Gasteiger partial charge >= 0.3 is 0 Å². The van der Waals surface area contributed by atoms with E-state index in [1.54, 1.807) is 30.6 Å². The van der Waals surface area contributed by atoms with Crippen molar-refractivity contribution >= 4 is 28.4 Å². The van der Waals surface area contributed by atoms with Crippen molar-refractivity contribution in [2.45, 2.75) is 18.9 Å². The largest absolute Gasteiger partial charge is 0.376 e. The first-order valence-corrected chi connectivity index (χ1v) is 8.99. The summed E-state index contributed by atoms with van der Waals surface area (Å²) in [5.74, 6) is -0.152. The van der Waals surface area contributed by atoms with Gasteiger partial charge in [-0.25, -0.2) is 4.98 Å². The first-order valence-electron chi connectivity index (χ1n) is 8.61. The van der Waals surface area contributed by atoms with E-state index in [0.717, 1.165) is 35.9 Å². The molecule has 3 heterocycles. The van der Waals surface area contributed by atoms with Crippen molar-refractivity contribution in [3.8, 4) is 11.3 Å². The fraction of sp³-hybridized carbons (Fsp3) is 0.250. The first kappa shape index (κ1) is 16.9. The predicted molar refractivity (Wildman–Crippen MR) is 101 cm³/mol. The maximum absolute atomic E-state index is 12.9. The van der Waals surface area contributed by atoms with Crippen molar-refractivity contribution < 1.29 is 9.53 Å². The molecule has 1 saturated heterocycles. The Bertz CT molecular complexity index is 940. The number of nitrogens with one attached hydrogen (secondary N) is 1. The third-order valence-electron chi connectivity index (χ3n) is 4.49. The van der Waals surface area contributed by atoms with Crippen LogP contribution in [0.2, 0.25) is 5.02 Å². The molecule has 2 aromatic heterocycles. The molecule has 4 rings (SSSR count). The van der Waals surface area contributed by atoms with Gasteiger partial charge in [0.1, 0.15) is 0 Å². The summed E-state index contributed by atoms with van der Waals surface area (Å²) < 4.78 is 5.58. The lowest BCUT2D eigenvalue weighted by molar-refractivity contribution is 0.0859. The summed E-state index contributed by atoms with van der Waals surface area (Å²) in [6.07, 6.45) is 5.55. The number of aromatic nitrogens is 2. The Morgan fingerprint density at radius 3 is 3.00 bits per heavy atom. The van der Waals surface area contributed by atoms with E-state index in [0.29, 0.717) is 22.8 Å². The molecule has 3 aromatic rings. The van der Waals surface area contributed by atoms with Crippen molar-refractivity contribution in [2.24, 2.45) is 0 Å². The van der Waals surface area contributed by atoms with Gasteiger partial charge in [-0.3, -0.25) is 9.78 Å². The van der Waals surface area contributed by atoms with Crippen molar-refractivity contribution in [2.75, 3.05) is 13.2 Å². The number of fused-ring (bicyclic) bond motifs is 1. The van der Waals surface area contributed by atoms with Gasteiger partial charge in [-0.2, -0.15) is 0 Å². The summed E-state index contributed by atoms with van der Waals surface area (Å²) in [5.41, 5.74) is 2.83. The van der Waals surface area contributed by atoms with Crippen molar-refractivity contribution in [3.05, 3.63) is 59.4 Å². The number of ether oxygens (including phenoxy) is 1. The Balaban J connectivity index is 1.72. The fourth-order valence-corrected chi connectivity index (χ4v) is 3.33. The molecule has 1 fully saturated rings. The molecular weight excluding hydrogens is 350 g/mol. The van der Waals surface area contributed by atoms with E-state index in [-0.39, 0.29) is 12.0 Å². The molecule has 0 aliphatic carbocycles. The summed E-state index contributed by atoms with van der Waals surface area (Å²) in [5, 5.41) is 4.28. The van der Waals surface area contributed by atoms with Crippen LogP contribution in [-0.4, -0.2) is 35.1 Å². The molecule has 0 unspecified atom stereocenters. The first-order chi connectivity index (χ1) is 12.7. The number of hydrogen-bond donors (Lipinski definition) is 1. The molecule has 1 aromatic carbocycles. The molecule has 0 spiro atoms. The standard InChI is InChI=1S/C20H18ClN3O2/c21-14-5-6-18-16(9-14)17(20(25)23-12-15-4-2-8-26-15)10-19(24-18)13-3-1-7-22-11-13/h1,3,5-7,9-11,15H,2,4,8,12H2,(H,23,25)/t15-/m1/s1. The van der Waals surface area contributed by atoms with Gasteiger partial charge in [-0.1, -0.05) is 11.6 Å². The van der Waals surface area contributed by atoms with Gasteiger partial charge in [0, 0.05) is 41.5 Å². The second-order valence-electron chi connectivity index (χ2n) is 6.30. The number of benzene rings is 1. The van der Waals surface area contributed by atoms with E-state index < -0.39 is 0 Å². The van der Waals surface area contributed by atoms with E-state index in [2.05, 4.69) is 15.3 Å². The lowest BCUT2D eigenvalue weighted by Gasteiger charge is -2.13. The highest BCUT2D eigenvalue weighted by Gasteiger charge is 2.19. The maximum atomic E-state index is 12.9. The average molecular weight is 368 g/mol. The molecule has 1 aliphatic rings. The Kier molecular flexibility index (Phi) is 4.82. The van der Waals surface area contributed by atoms with Crippen LogP contribution in [0.3, 0.4) is 0 Å². The number of carbonyl (C=O) groups excluding carboxylic acids is 1. The summed E-state index contributed by atoms with van der Waals surface area (Å²) in [7, 11) is 0. The topological polar surface area (TPSA) is 64.1 Å². The second-order valence-corrected chi connectivity index (χ2v) is 6.74. The fourth-order valence-electron chi connectivity index (χ4n) is 3.16. The highest BCUT2D eigenvalue weighted by atomic mass is 35.5. The van der Waals surface area contributed by atoms with E-state index >= 15 is 0 Å². The molecular formula is C20H18ClN3O2. The third kappa shape index (κ3) is 3.54. The van der Waals surface area contributed by atoms with Crippen molar-refractivity contribution in [1.82, 2.24) is 15.3 Å². The third-order valence-corrected chi connectivity index (χ3v) is 4.72. The Labute approximate surface area is 156 Å². The maximum Gasteiger partial charge on any atom is 0.252 e. The molecule has 1 aliphatic heterocycles. The quantitative estimate of drug-likeness (QED) is 0.760. The van der Waals surface area contributed by atoms with Crippen LogP contribution in [0, 0.1) is 0 Å². The van der Waals surface area contributed by atoms with Gasteiger partial charge in [0.15, 0.2) is 0 Å². The molecule has 0 bridgehead atoms. The van der Waals surface area contributed by atoms with Crippen LogP contribution < -0.4 is 5.32 Å². The van der Waals surface area contributed by atoms with E-state index in [4.69, 9.17) is 16.3 Å². The van der Waals surface area contributed by atoms with Gasteiger partial charge < -0.3 is 10.1 Å². The normalized spacial score (nSPS) is 16.7. The lowest BCUT2D eigenvalue weighted by atomic mass is 10.0. The minimum Gasteiger partial charge on any atom is -0.376 e. The van der Waals surface area contributed by atoms with Crippen LogP contribution in [0.4, 0.5) is 0 Å². The Hall–Kier alpha value is -2.50. The van der Waals surface area contributed by atoms with Gasteiger partial charge in [0.2, 0.25) is 0 Å². The molecule has 5 nitrogen and oxygen atoms in total. The molecule has 1 amide bonds. The number of carbonyl (C=O) groups is 1. The number of halogens is 1. The number of nitrogens with zero attached hydrogens (tertiary/aromatic N) is 2. The molecule has 1 N–H and O–H groups in total. The van der Waals surface area contributed by atoms with Crippen LogP contribution in [-0.2, 0) is 4.74 Å². The Morgan fingerprint density at radius 1 is 1.31 bits per heavy atom. The van der Waals surface area contributed by atoms with E-state index in [1.807, 2.05) is 18.2 Å². The minimum absolute atomic E-state index is 0.0911. The Morgan fingerprint density at radius 2 is 2.23 bits per heavy atom. The zero-order valence-electron chi connectivity index (χ0n) is 14.1. The zero-order valence-corrected chi connectivity index (χ0v) is 14.9.